The lowest BCUT2D eigenvalue weighted by atomic mass is 10.1. The minimum atomic E-state index is -0.810. The number of hydrogen-bond donors (Lipinski definition) is 0. The Morgan fingerprint density at radius 2 is 0.978 bits per heavy atom. The highest BCUT2D eigenvalue weighted by molar-refractivity contribution is 6.16. The van der Waals surface area contributed by atoms with E-state index in [1.807, 2.05) is 0 Å². The maximum Gasteiger partial charge on any atom is 0.139 e. The minimum absolute atomic E-state index is 0.187. The quantitative estimate of drug-likeness (QED) is 0.200. The van der Waals surface area contributed by atoms with Crippen LogP contribution in [-0.4, -0.2) is 18.7 Å². The van der Waals surface area contributed by atoms with Gasteiger partial charge in [-0.3, -0.25) is 4.57 Å². The number of nitrogens with zero attached hydrogens (tertiary/aromatic N) is 4. The SMILES string of the molecule is [2H]c1c([2H])c([2H])c2c(c1[2H])c1c(-n3c4c([2H])c(-n5c6c([2H])c([2H])c([2H])c([2H])c6c6c([2H])c([2H])c([2H])c([2H])c65)nc([2H])c4c4c([2H])c([2H])c([2H])c([2H])c43)c([2H])c([2H])c([2H])c1n2-c1ccccc1. The Labute approximate surface area is 288 Å². The molecule has 10 rings (SSSR count). The van der Waals surface area contributed by atoms with Gasteiger partial charge in [0.15, 0.2) is 0 Å². The molecule has 0 unspecified atom stereocenters. The molecular formula is C41H26N4. The van der Waals surface area contributed by atoms with Crippen LogP contribution in [-0.2, 0) is 0 Å². The maximum atomic E-state index is 10.0. The van der Waals surface area contributed by atoms with Gasteiger partial charge in [-0.2, -0.15) is 0 Å². The lowest BCUT2D eigenvalue weighted by Gasteiger charge is -2.12. The van der Waals surface area contributed by atoms with Crippen LogP contribution >= 0.6 is 0 Å². The third-order valence-corrected chi connectivity index (χ3v) is 7.79. The summed E-state index contributed by atoms with van der Waals surface area (Å²) in [5.41, 5.74) is -2.57. The predicted molar refractivity (Wildman–Crippen MR) is 187 cm³/mol. The van der Waals surface area contributed by atoms with Crippen molar-refractivity contribution in [3.63, 3.8) is 0 Å². The average Bonchev–Trinajstić information content (AvgIpc) is 3.97. The van der Waals surface area contributed by atoms with Gasteiger partial charge in [-0.1, -0.05) is 96.8 Å². The largest absolute Gasteiger partial charge is 0.309 e. The van der Waals surface area contributed by atoms with Gasteiger partial charge < -0.3 is 9.13 Å². The zero-order valence-corrected chi connectivity index (χ0v) is 22.7. The van der Waals surface area contributed by atoms with Gasteiger partial charge in [-0.25, -0.2) is 4.98 Å². The standard InChI is InChI=1S/C41H26N4/c1-2-13-27(14-3-1)43-36-22-11-7-18-31(36)41-37(43)23-12-24-38(41)44-33-19-8-6-17-30(33)32-26-42-40(25-39(32)44)45-34-20-9-4-15-28(34)29-16-5-10-21-35(29)45/h1-26H/i4D,5D,6D,7D,8D,9D,10D,11D,12D,15D,16D,17D,18D,19D,20D,21D,22D,23D,24D,25D,26D. The fourth-order valence-corrected chi connectivity index (χ4v) is 5.99. The molecule has 0 saturated carbocycles. The summed E-state index contributed by atoms with van der Waals surface area (Å²) in [6.07, 6.45) is -0.805. The van der Waals surface area contributed by atoms with Gasteiger partial charge in [-0.15, -0.1) is 0 Å². The van der Waals surface area contributed by atoms with Crippen LogP contribution in [0.1, 0.15) is 28.8 Å². The minimum Gasteiger partial charge on any atom is -0.309 e. The van der Waals surface area contributed by atoms with E-state index in [0.717, 1.165) is 9.13 Å². The van der Waals surface area contributed by atoms with Gasteiger partial charge in [0, 0.05) is 50.2 Å². The highest BCUT2D eigenvalue weighted by Gasteiger charge is 2.21. The van der Waals surface area contributed by atoms with Crippen LogP contribution < -0.4 is 0 Å². The zero-order chi connectivity index (χ0) is 47.8. The van der Waals surface area contributed by atoms with Gasteiger partial charge in [0.25, 0.3) is 0 Å². The van der Waals surface area contributed by atoms with Crippen molar-refractivity contribution >= 4 is 65.4 Å². The molecule has 4 aromatic heterocycles. The first-order chi connectivity index (χ1) is 31.1. The highest BCUT2D eigenvalue weighted by Crippen LogP contribution is 2.40. The van der Waals surface area contributed by atoms with E-state index in [2.05, 4.69) is 4.98 Å². The van der Waals surface area contributed by atoms with E-state index in [1.54, 1.807) is 30.3 Å². The van der Waals surface area contributed by atoms with E-state index >= 15 is 0 Å². The fourth-order valence-electron chi connectivity index (χ4n) is 5.99. The molecule has 0 bridgehead atoms. The van der Waals surface area contributed by atoms with Gasteiger partial charge in [0.2, 0.25) is 0 Å². The number of aromatic nitrogens is 4. The predicted octanol–water partition coefficient (Wildman–Crippen LogP) is 10.4. The van der Waals surface area contributed by atoms with Crippen molar-refractivity contribution in [3.8, 4) is 17.2 Å². The van der Waals surface area contributed by atoms with E-state index in [-0.39, 0.29) is 38.3 Å². The lowest BCUT2D eigenvalue weighted by Crippen LogP contribution is -2.00. The molecule has 0 N–H and O–H groups in total. The lowest BCUT2D eigenvalue weighted by molar-refractivity contribution is 1.08. The Morgan fingerprint density at radius 1 is 0.444 bits per heavy atom. The normalized spacial score (nSPS) is 18.5. The van der Waals surface area contributed by atoms with Crippen molar-refractivity contribution in [2.24, 2.45) is 0 Å². The summed E-state index contributed by atoms with van der Waals surface area (Å²) >= 11 is 0. The second-order valence-corrected chi connectivity index (χ2v) is 10.1. The summed E-state index contributed by atoms with van der Waals surface area (Å²) in [7, 11) is 0. The Kier molecular flexibility index (Phi) is 2.40. The van der Waals surface area contributed by atoms with Crippen molar-refractivity contribution < 1.29 is 28.8 Å². The molecule has 4 heterocycles. The van der Waals surface area contributed by atoms with Crippen molar-refractivity contribution in [3.05, 3.63) is 157 Å². The number of hydrogen-bond acceptors (Lipinski definition) is 1. The van der Waals surface area contributed by atoms with Crippen LogP contribution in [0, 0.1) is 0 Å². The summed E-state index contributed by atoms with van der Waals surface area (Å²) in [6.45, 7) is 0. The molecule has 10 aromatic rings. The smallest absolute Gasteiger partial charge is 0.139 e. The second-order valence-electron chi connectivity index (χ2n) is 10.1. The fraction of sp³-hybridized carbons (Fsp3) is 0. The van der Waals surface area contributed by atoms with Gasteiger partial charge in [-0.05, 0) is 48.4 Å². The monoisotopic (exact) mass is 595 g/mol. The maximum absolute atomic E-state index is 10.0. The first-order valence-corrected chi connectivity index (χ1v) is 13.6. The van der Waals surface area contributed by atoms with Crippen LogP contribution in [0.5, 0.6) is 0 Å². The summed E-state index contributed by atoms with van der Waals surface area (Å²) in [6, 6.07) is -6.56. The molecule has 0 amide bonds. The first kappa shape index (κ1) is 11.8. The molecule has 0 spiro atoms. The molecular weight excluding hydrogens is 548 g/mol. The summed E-state index contributed by atoms with van der Waals surface area (Å²) in [5, 5.41) is -2.12. The number of benzene rings is 6. The van der Waals surface area contributed by atoms with Crippen molar-refractivity contribution in [2.45, 2.75) is 0 Å². The Hall–Kier alpha value is -6.13. The molecule has 0 radical (unpaired) electrons. The van der Waals surface area contributed by atoms with E-state index in [1.165, 1.54) is 4.57 Å². The van der Waals surface area contributed by atoms with Gasteiger partial charge in [0.05, 0.1) is 67.6 Å². The highest BCUT2D eigenvalue weighted by atomic mass is 15.1. The van der Waals surface area contributed by atoms with Crippen LogP contribution in [0.15, 0.2) is 157 Å². The van der Waals surface area contributed by atoms with Crippen molar-refractivity contribution in [1.29, 1.82) is 0 Å². The molecule has 4 nitrogen and oxygen atoms in total. The van der Waals surface area contributed by atoms with E-state index in [4.69, 9.17) is 19.2 Å². The molecule has 45 heavy (non-hydrogen) atoms. The molecule has 6 aromatic carbocycles. The molecule has 0 atom stereocenters. The second kappa shape index (κ2) is 9.18. The van der Waals surface area contributed by atoms with E-state index in [9.17, 15) is 9.60 Å². The van der Waals surface area contributed by atoms with E-state index < -0.39 is 171 Å². The topological polar surface area (TPSA) is 27.7 Å². The first-order valence-electron chi connectivity index (χ1n) is 24.1. The van der Waals surface area contributed by atoms with Crippen LogP contribution in [0.25, 0.3) is 82.6 Å². The van der Waals surface area contributed by atoms with Gasteiger partial charge in [0.1, 0.15) is 5.82 Å². The average molecular weight is 596 g/mol. The van der Waals surface area contributed by atoms with E-state index in [0.29, 0.717) is 0 Å². The van der Waals surface area contributed by atoms with Gasteiger partial charge >= 0.3 is 0 Å². The molecule has 0 fully saturated rings. The molecule has 210 valence electrons. The molecule has 0 aliphatic rings. The summed E-state index contributed by atoms with van der Waals surface area (Å²) in [5.74, 6) is -0.679. The number of fused-ring (bicyclic) bond motifs is 9. The number of para-hydroxylation sites is 5. The van der Waals surface area contributed by atoms with Crippen LogP contribution in [0.3, 0.4) is 0 Å². The molecule has 4 heteroatoms. The Bertz CT molecular complexity index is 3870. The van der Waals surface area contributed by atoms with Crippen LogP contribution in [0.4, 0.5) is 0 Å². The van der Waals surface area contributed by atoms with Crippen molar-refractivity contribution in [1.82, 2.24) is 18.7 Å². The molecule has 0 saturated heterocycles. The van der Waals surface area contributed by atoms with Crippen molar-refractivity contribution in [2.75, 3.05) is 0 Å². The third-order valence-electron chi connectivity index (χ3n) is 7.79. The number of rotatable bonds is 3. The zero-order valence-electron chi connectivity index (χ0n) is 43.7. The Balaban J connectivity index is 1.55. The summed E-state index contributed by atoms with van der Waals surface area (Å²) in [4.78, 5) is 4.38. The summed E-state index contributed by atoms with van der Waals surface area (Å²) < 4.78 is 192. The van der Waals surface area contributed by atoms with Crippen LogP contribution in [0.2, 0.25) is 0 Å². The number of pyridine rings is 1. The molecule has 0 aliphatic carbocycles. The Morgan fingerprint density at radius 3 is 1.64 bits per heavy atom. The third kappa shape index (κ3) is 3.34. The molecule has 0 aliphatic heterocycles.